The van der Waals surface area contributed by atoms with Crippen molar-refractivity contribution in [1.29, 1.82) is 0 Å². The molecular formula is C8H13F3N2O3. The Bertz CT molecular complexity index is 277. The lowest BCUT2D eigenvalue weighted by atomic mass is 10.0. The molecule has 1 unspecified atom stereocenters. The molecule has 0 radical (unpaired) electrons. The molecule has 0 aromatic rings. The summed E-state index contributed by atoms with van der Waals surface area (Å²) in [6.45, 7) is 0.593. The fourth-order valence-electron chi connectivity index (χ4n) is 1.06. The molecule has 8 heteroatoms. The van der Waals surface area contributed by atoms with Crippen LogP contribution in [0.4, 0.5) is 13.3 Å². The third kappa shape index (κ3) is 2.84. The Balaban J connectivity index is 4.95. The summed E-state index contributed by atoms with van der Waals surface area (Å²) in [6.07, 6.45) is -3.29. The number of carboxylic acids is 1. The average Bonchev–Trinajstić information content (AvgIpc) is 2.22. The van der Waals surface area contributed by atoms with Crippen molar-refractivity contribution in [2.45, 2.75) is 31.7 Å². The summed E-state index contributed by atoms with van der Waals surface area (Å²) in [6, 6.07) is 0. The van der Waals surface area contributed by atoms with E-state index in [2.05, 4.69) is 0 Å². The third-order valence-electron chi connectivity index (χ3n) is 1.94. The van der Waals surface area contributed by atoms with Gasteiger partial charge in [0.1, 0.15) is 0 Å². The first-order valence-corrected chi connectivity index (χ1v) is 4.51. The van der Waals surface area contributed by atoms with Gasteiger partial charge in [0.05, 0.1) is 0 Å². The van der Waals surface area contributed by atoms with Crippen LogP contribution < -0.4 is 5.73 Å². The second-order valence-electron chi connectivity index (χ2n) is 3.18. The maximum Gasteiger partial charge on any atom is 0.368 e. The molecule has 0 saturated carbocycles. The van der Waals surface area contributed by atoms with E-state index in [9.17, 15) is 22.9 Å². The molecule has 5 nitrogen and oxygen atoms in total. The maximum atomic E-state index is 13.6. The molecule has 0 aromatic carbocycles. The van der Waals surface area contributed by atoms with Crippen molar-refractivity contribution in [2.24, 2.45) is 5.73 Å². The van der Waals surface area contributed by atoms with Crippen LogP contribution >= 0.6 is 0 Å². The van der Waals surface area contributed by atoms with Crippen molar-refractivity contribution >= 4 is 11.9 Å². The molecular weight excluding hydrogens is 229 g/mol. The molecule has 0 heterocycles. The predicted molar refractivity (Wildman–Crippen MR) is 48.3 cm³/mol. The molecule has 3 N–H and O–H groups in total. The van der Waals surface area contributed by atoms with Gasteiger partial charge >= 0.3 is 11.8 Å². The topological polar surface area (TPSA) is 83.6 Å². The molecule has 0 bridgehead atoms. The van der Waals surface area contributed by atoms with E-state index in [-0.39, 0.29) is 13.0 Å². The Kier molecular flexibility index (Phi) is 5.22. The van der Waals surface area contributed by atoms with Crippen molar-refractivity contribution in [3.63, 3.8) is 0 Å². The summed E-state index contributed by atoms with van der Waals surface area (Å²) in [5.74, 6) is -7.92. The van der Waals surface area contributed by atoms with Crippen molar-refractivity contribution in [2.75, 3.05) is 6.54 Å². The van der Waals surface area contributed by atoms with Crippen LogP contribution in [0.2, 0.25) is 0 Å². The molecule has 0 aliphatic heterocycles. The van der Waals surface area contributed by atoms with E-state index in [0.717, 1.165) is 0 Å². The standard InChI is InChI=1S/C8H13F3N2O3/c1-5(14)13(11)8(10,7(15)16)6(9)3-2-4-12/h6H,2-4,12H2,1H3,(H,15,16)/t6?,8-/m0/s1. The Morgan fingerprint density at radius 2 is 2.06 bits per heavy atom. The highest BCUT2D eigenvalue weighted by atomic mass is 19.2. The number of alkyl halides is 2. The molecule has 0 fully saturated rings. The van der Waals surface area contributed by atoms with Gasteiger partial charge in [-0.3, -0.25) is 4.79 Å². The van der Waals surface area contributed by atoms with Gasteiger partial charge in [-0.2, -0.15) is 0 Å². The molecule has 2 atom stereocenters. The Hall–Kier alpha value is -1.31. The molecule has 0 aliphatic carbocycles. The molecule has 94 valence electrons. The van der Waals surface area contributed by atoms with Gasteiger partial charge in [0, 0.05) is 6.92 Å². The first-order chi connectivity index (χ1) is 7.28. The summed E-state index contributed by atoms with van der Waals surface area (Å²) < 4.78 is 39.8. The van der Waals surface area contributed by atoms with Crippen LogP contribution in [0.1, 0.15) is 19.8 Å². The third-order valence-corrected chi connectivity index (χ3v) is 1.94. The van der Waals surface area contributed by atoms with Crippen LogP contribution in [0, 0.1) is 0 Å². The molecule has 0 saturated heterocycles. The average molecular weight is 242 g/mol. The van der Waals surface area contributed by atoms with E-state index < -0.39 is 35.4 Å². The predicted octanol–water partition coefficient (Wildman–Crippen LogP) is 0.547. The van der Waals surface area contributed by atoms with Crippen molar-refractivity contribution < 1.29 is 28.0 Å². The molecule has 1 amide bonds. The number of carbonyl (C=O) groups is 2. The first kappa shape index (κ1) is 14.7. The zero-order chi connectivity index (χ0) is 12.9. The summed E-state index contributed by atoms with van der Waals surface area (Å²) in [5.41, 5.74) is 5.02. The van der Waals surface area contributed by atoms with Crippen LogP contribution in [-0.2, 0) is 9.59 Å². The van der Waals surface area contributed by atoms with Crippen LogP contribution in [0.5, 0.6) is 0 Å². The molecule has 0 aromatic heterocycles. The number of nitrogens with zero attached hydrogens (tertiary/aromatic N) is 1. The second-order valence-corrected chi connectivity index (χ2v) is 3.18. The van der Waals surface area contributed by atoms with Gasteiger partial charge in [0.2, 0.25) is 0 Å². The van der Waals surface area contributed by atoms with E-state index in [1.54, 1.807) is 0 Å². The van der Waals surface area contributed by atoms with Crippen LogP contribution in [-0.4, -0.2) is 40.6 Å². The van der Waals surface area contributed by atoms with Crippen LogP contribution in [0.25, 0.3) is 0 Å². The van der Waals surface area contributed by atoms with Gasteiger partial charge in [-0.1, -0.05) is 4.48 Å². The van der Waals surface area contributed by atoms with E-state index in [1.165, 1.54) is 0 Å². The van der Waals surface area contributed by atoms with Gasteiger partial charge < -0.3 is 10.8 Å². The zero-order valence-electron chi connectivity index (χ0n) is 8.62. The SMILES string of the molecule is CC(=O)N(F)[C@](F)(C(=O)O)C(F)CCCN. The van der Waals surface area contributed by atoms with Gasteiger partial charge in [-0.05, 0) is 19.4 Å². The van der Waals surface area contributed by atoms with E-state index in [1.807, 2.05) is 0 Å². The smallest absolute Gasteiger partial charge is 0.368 e. The zero-order valence-corrected chi connectivity index (χ0v) is 8.62. The monoisotopic (exact) mass is 242 g/mol. The minimum atomic E-state index is -4.00. The number of rotatable bonds is 6. The van der Waals surface area contributed by atoms with Gasteiger partial charge in [0.25, 0.3) is 5.91 Å². The highest BCUT2D eigenvalue weighted by molar-refractivity contribution is 5.84. The number of halogens is 3. The van der Waals surface area contributed by atoms with E-state index in [0.29, 0.717) is 6.92 Å². The van der Waals surface area contributed by atoms with Crippen molar-refractivity contribution in [1.82, 2.24) is 5.12 Å². The lowest BCUT2D eigenvalue weighted by molar-refractivity contribution is -0.215. The number of hydrogen-bond donors (Lipinski definition) is 2. The number of amides is 1. The van der Waals surface area contributed by atoms with Crippen molar-refractivity contribution in [3.05, 3.63) is 0 Å². The van der Waals surface area contributed by atoms with Gasteiger partial charge in [-0.25, -0.2) is 13.6 Å². The number of hydrogen-bond acceptors (Lipinski definition) is 3. The normalized spacial score (nSPS) is 16.3. The Labute approximate surface area is 89.9 Å². The molecule has 0 spiro atoms. The number of carbonyl (C=O) groups excluding carboxylic acids is 1. The van der Waals surface area contributed by atoms with Crippen molar-refractivity contribution in [3.8, 4) is 0 Å². The minimum absolute atomic E-state index is 0.00246. The minimum Gasteiger partial charge on any atom is -0.477 e. The van der Waals surface area contributed by atoms with E-state index in [4.69, 9.17) is 10.8 Å². The fourth-order valence-corrected chi connectivity index (χ4v) is 1.06. The lowest BCUT2D eigenvalue weighted by Gasteiger charge is -2.28. The highest BCUT2D eigenvalue weighted by Crippen LogP contribution is 2.28. The number of nitrogens with two attached hydrogens (primary N) is 1. The fraction of sp³-hybridized carbons (Fsp3) is 0.750. The number of aliphatic carboxylic acids is 1. The van der Waals surface area contributed by atoms with E-state index >= 15 is 0 Å². The Morgan fingerprint density at radius 1 is 1.56 bits per heavy atom. The maximum absolute atomic E-state index is 13.6. The number of carboxylic acid groups (broad SMARTS) is 1. The Morgan fingerprint density at radius 3 is 2.38 bits per heavy atom. The lowest BCUT2D eigenvalue weighted by Crippen LogP contribution is -2.55. The molecule has 16 heavy (non-hydrogen) atoms. The highest BCUT2D eigenvalue weighted by Gasteiger charge is 2.55. The summed E-state index contributed by atoms with van der Waals surface area (Å²) >= 11 is 0. The summed E-state index contributed by atoms with van der Waals surface area (Å²) in [7, 11) is 0. The summed E-state index contributed by atoms with van der Waals surface area (Å²) in [5, 5.41) is 7.19. The molecule has 0 rings (SSSR count). The summed E-state index contributed by atoms with van der Waals surface area (Å²) in [4.78, 5) is 21.0. The first-order valence-electron chi connectivity index (χ1n) is 4.51. The quantitative estimate of drug-likeness (QED) is 0.526. The largest absolute Gasteiger partial charge is 0.477 e. The van der Waals surface area contributed by atoms with Crippen LogP contribution in [0.3, 0.4) is 0 Å². The van der Waals surface area contributed by atoms with Crippen LogP contribution in [0.15, 0.2) is 0 Å². The van der Waals surface area contributed by atoms with Gasteiger partial charge in [-0.15, -0.1) is 5.12 Å². The van der Waals surface area contributed by atoms with Gasteiger partial charge in [0.15, 0.2) is 6.17 Å². The molecule has 0 aliphatic rings. The second kappa shape index (κ2) is 5.69.